The van der Waals surface area contributed by atoms with Crippen molar-refractivity contribution in [3.8, 4) is 0 Å². The number of benzene rings is 1. The maximum atomic E-state index is 9.77. The molecule has 96 valence electrons. The second-order valence-electron chi connectivity index (χ2n) is 4.25. The normalized spacial score (nSPS) is 14.5. The molecule has 0 aliphatic carbocycles. The molecule has 3 nitrogen and oxygen atoms in total. The zero-order valence-corrected chi connectivity index (χ0v) is 10.4. The van der Waals surface area contributed by atoms with Gasteiger partial charge in [-0.05, 0) is 18.4 Å². The second kappa shape index (κ2) is 8.23. The van der Waals surface area contributed by atoms with Gasteiger partial charge in [0.1, 0.15) is 0 Å². The molecule has 2 atom stereocenters. The number of hydrogen-bond donors (Lipinski definition) is 2. The van der Waals surface area contributed by atoms with Crippen molar-refractivity contribution < 1.29 is 14.9 Å². The summed E-state index contributed by atoms with van der Waals surface area (Å²) in [5.41, 5.74) is 1.14. The fourth-order valence-corrected chi connectivity index (χ4v) is 1.73. The van der Waals surface area contributed by atoms with Crippen LogP contribution in [0.4, 0.5) is 0 Å². The van der Waals surface area contributed by atoms with Gasteiger partial charge in [-0.25, -0.2) is 0 Å². The van der Waals surface area contributed by atoms with Gasteiger partial charge in [-0.3, -0.25) is 0 Å². The van der Waals surface area contributed by atoms with Crippen LogP contribution in [0.3, 0.4) is 0 Å². The molecule has 2 N–H and O–H groups in total. The molecule has 1 aromatic rings. The Labute approximate surface area is 103 Å². The molecule has 0 saturated carbocycles. The van der Waals surface area contributed by atoms with E-state index >= 15 is 0 Å². The minimum Gasteiger partial charge on any atom is -0.396 e. The number of aliphatic hydroxyl groups excluding tert-OH is 2. The molecule has 0 fully saturated rings. The van der Waals surface area contributed by atoms with Crippen LogP contribution in [0.5, 0.6) is 0 Å². The summed E-state index contributed by atoms with van der Waals surface area (Å²) in [6, 6.07) is 9.96. The van der Waals surface area contributed by atoms with Gasteiger partial charge in [0.05, 0.1) is 12.7 Å². The van der Waals surface area contributed by atoms with Crippen molar-refractivity contribution in [1.82, 2.24) is 0 Å². The highest BCUT2D eigenvalue weighted by Crippen LogP contribution is 2.11. The summed E-state index contributed by atoms with van der Waals surface area (Å²) in [5, 5.41) is 18.8. The SMILES string of the molecule is CC[C@H](CO)[C@H](O)CCOCc1ccccc1. The molecular weight excluding hydrogens is 216 g/mol. The molecule has 0 bridgehead atoms. The monoisotopic (exact) mass is 238 g/mol. The highest BCUT2D eigenvalue weighted by atomic mass is 16.5. The molecule has 0 aromatic heterocycles. The van der Waals surface area contributed by atoms with E-state index < -0.39 is 6.10 Å². The maximum absolute atomic E-state index is 9.77. The topological polar surface area (TPSA) is 49.7 Å². The first-order chi connectivity index (χ1) is 8.27. The molecule has 0 aliphatic rings. The lowest BCUT2D eigenvalue weighted by molar-refractivity contribution is 0.0251. The molecular formula is C14H22O3. The van der Waals surface area contributed by atoms with Gasteiger partial charge >= 0.3 is 0 Å². The van der Waals surface area contributed by atoms with Crippen LogP contribution in [-0.2, 0) is 11.3 Å². The van der Waals surface area contributed by atoms with E-state index in [2.05, 4.69) is 0 Å². The van der Waals surface area contributed by atoms with Gasteiger partial charge in [0, 0.05) is 19.1 Å². The van der Waals surface area contributed by atoms with E-state index in [9.17, 15) is 5.11 Å². The van der Waals surface area contributed by atoms with Crippen molar-refractivity contribution in [2.45, 2.75) is 32.5 Å². The van der Waals surface area contributed by atoms with Gasteiger partial charge in [0.2, 0.25) is 0 Å². The molecule has 0 spiro atoms. The third-order valence-corrected chi connectivity index (χ3v) is 2.97. The summed E-state index contributed by atoms with van der Waals surface area (Å²) in [6.07, 6.45) is 0.892. The lowest BCUT2D eigenvalue weighted by Gasteiger charge is -2.19. The second-order valence-corrected chi connectivity index (χ2v) is 4.25. The minimum atomic E-state index is -0.472. The van der Waals surface area contributed by atoms with Crippen molar-refractivity contribution in [1.29, 1.82) is 0 Å². The van der Waals surface area contributed by atoms with Gasteiger partial charge in [-0.2, -0.15) is 0 Å². The Kier molecular flexibility index (Phi) is 6.86. The first-order valence-electron chi connectivity index (χ1n) is 6.18. The third kappa shape index (κ3) is 5.31. The van der Waals surface area contributed by atoms with E-state index in [1.54, 1.807) is 0 Å². The first kappa shape index (κ1) is 14.2. The number of hydrogen-bond acceptors (Lipinski definition) is 3. The van der Waals surface area contributed by atoms with Crippen LogP contribution in [0.2, 0.25) is 0 Å². The van der Waals surface area contributed by atoms with Crippen LogP contribution < -0.4 is 0 Å². The van der Waals surface area contributed by atoms with E-state index in [0.29, 0.717) is 19.6 Å². The van der Waals surface area contributed by atoms with Crippen molar-refractivity contribution in [3.63, 3.8) is 0 Å². The Morgan fingerprint density at radius 2 is 1.94 bits per heavy atom. The summed E-state index contributed by atoms with van der Waals surface area (Å²) in [5.74, 6) is -0.0321. The van der Waals surface area contributed by atoms with Crippen LogP contribution in [0.1, 0.15) is 25.3 Å². The fourth-order valence-electron chi connectivity index (χ4n) is 1.73. The van der Waals surface area contributed by atoms with Crippen molar-refractivity contribution >= 4 is 0 Å². The summed E-state index contributed by atoms with van der Waals surface area (Å²) >= 11 is 0. The molecule has 0 saturated heterocycles. The van der Waals surface area contributed by atoms with Crippen molar-refractivity contribution in [3.05, 3.63) is 35.9 Å². The zero-order chi connectivity index (χ0) is 12.5. The predicted octanol–water partition coefficient (Wildman–Crippen LogP) is 1.97. The summed E-state index contributed by atoms with van der Waals surface area (Å²) < 4.78 is 5.49. The Morgan fingerprint density at radius 3 is 2.53 bits per heavy atom. The fraction of sp³-hybridized carbons (Fsp3) is 0.571. The van der Waals surface area contributed by atoms with Gasteiger partial charge in [-0.1, -0.05) is 37.3 Å². The average molecular weight is 238 g/mol. The summed E-state index contributed by atoms with van der Waals surface area (Å²) in [4.78, 5) is 0. The molecule has 17 heavy (non-hydrogen) atoms. The zero-order valence-electron chi connectivity index (χ0n) is 10.4. The van der Waals surface area contributed by atoms with E-state index in [4.69, 9.17) is 9.84 Å². The quantitative estimate of drug-likeness (QED) is 0.681. The van der Waals surface area contributed by atoms with E-state index in [1.807, 2.05) is 37.3 Å². The third-order valence-electron chi connectivity index (χ3n) is 2.97. The summed E-state index contributed by atoms with van der Waals surface area (Å²) in [7, 11) is 0. The molecule has 0 radical (unpaired) electrons. The van der Waals surface area contributed by atoms with E-state index in [1.165, 1.54) is 0 Å². The minimum absolute atomic E-state index is 0.0321. The van der Waals surface area contributed by atoms with Gasteiger partial charge in [0.25, 0.3) is 0 Å². The molecule has 3 heteroatoms. The molecule has 0 unspecified atom stereocenters. The van der Waals surface area contributed by atoms with Gasteiger partial charge < -0.3 is 14.9 Å². The van der Waals surface area contributed by atoms with Gasteiger partial charge in [-0.15, -0.1) is 0 Å². The lowest BCUT2D eigenvalue weighted by atomic mass is 9.98. The highest BCUT2D eigenvalue weighted by molar-refractivity contribution is 5.13. The number of ether oxygens (including phenoxy) is 1. The molecule has 1 rings (SSSR count). The first-order valence-corrected chi connectivity index (χ1v) is 6.18. The Hall–Kier alpha value is -0.900. The van der Waals surface area contributed by atoms with Crippen LogP contribution >= 0.6 is 0 Å². The van der Waals surface area contributed by atoms with Gasteiger partial charge in [0.15, 0.2) is 0 Å². The number of rotatable bonds is 8. The largest absolute Gasteiger partial charge is 0.396 e. The summed E-state index contributed by atoms with van der Waals surface area (Å²) in [6.45, 7) is 3.10. The van der Waals surface area contributed by atoms with Crippen LogP contribution in [-0.4, -0.2) is 29.5 Å². The van der Waals surface area contributed by atoms with E-state index in [0.717, 1.165) is 12.0 Å². The van der Waals surface area contributed by atoms with E-state index in [-0.39, 0.29) is 12.5 Å². The van der Waals surface area contributed by atoms with Crippen LogP contribution in [0.15, 0.2) is 30.3 Å². The van der Waals surface area contributed by atoms with Crippen LogP contribution in [0.25, 0.3) is 0 Å². The number of aliphatic hydroxyl groups is 2. The molecule has 0 amide bonds. The maximum Gasteiger partial charge on any atom is 0.0716 e. The van der Waals surface area contributed by atoms with Crippen molar-refractivity contribution in [2.24, 2.45) is 5.92 Å². The lowest BCUT2D eigenvalue weighted by Crippen LogP contribution is -2.24. The standard InChI is InChI=1S/C14H22O3/c1-2-13(10-15)14(16)8-9-17-11-12-6-4-3-5-7-12/h3-7,13-16H,2,8-11H2,1H3/t13-,14-/m1/s1. The average Bonchev–Trinajstić information content (AvgIpc) is 2.37. The molecule has 0 aliphatic heterocycles. The Bertz CT molecular complexity index is 283. The smallest absolute Gasteiger partial charge is 0.0716 e. The Morgan fingerprint density at radius 1 is 1.24 bits per heavy atom. The molecule has 1 aromatic carbocycles. The highest BCUT2D eigenvalue weighted by Gasteiger charge is 2.15. The Balaban J connectivity index is 2.16. The van der Waals surface area contributed by atoms with Crippen molar-refractivity contribution in [2.75, 3.05) is 13.2 Å². The molecule has 0 heterocycles. The van der Waals surface area contributed by atoms with Crippen LogP contribution in [0, 0.1) is 5.92 Å². The predicted molar refractivity (Wildman–Crippen MR) is 67.6 cm³/mol.